The zero-order chi connectivity index (χ0) is 44.5. The Balaban J connectivity index is 5.02. The average Bonchev–Trinajstić information content (AvgIpc) is 3.19. The third-order valence-corrected chi connectivity index (χ3v) is 11.1. The number of carbonyl (C=O) groups excluding carboxylic acids is 5. The van der Waals surface area contributed by atoms with Crippen LogP contribution in [0, 0.1) is 0 Å². The summed E-state index contributed by atoms with van der Waals surface area (Å²) in [6.45, 7) is 9.21. The molecular formula is C50H91NO9. The van der Waals surface area contributed by atoms with Gasteiger partial charge in [0.2, 0.25) is 0 Å². The van der Waals surface area contributed by atoms with Crippen molar-refractivity contribution in [1.82, 2.24) is 5.32 Å². The number of hydrogen-bond donors (Lipinski definition) is 1. The molecule has 0 radical (unpaired) electrons. The molecule has 0 bridgehead atoms. The molecule has 1 N–H and O–H groups in total. The van der Waals surface area contributed by atoms with E-state index in [-0.39, 0.29) is 6.61 Å². The maximum Gasteiger partial charge on any atom is 0.303 e. The van der Waals surface area contributed by atoms with E-state index in [0.29, 0.717) is 19.3 Å². The van der Waals surface area contributed by atoms with E-state index in [1.54, 1.807) is 0 Å². The number of ether oxygens (including phenoxy) is 4. The van der Waals surface area contributed by atoms with Crippen LogP contribution in [-0.2, 0) is 42.9 Å². The van der Waals surface area contributed by atoms with E-state index in [9.17, 15) is 24.0 Å². The van der Waals surface area contributed by atoms with Crippen molar-refractivity contribution in [2.45, 2.75) is 271 Å². The summed E-state index contributed by atoms with van der Waals surface area (Å²) < 4.78 is 22.2. The standard InChI is InChI=1S/C50H91NO9/c1-7-9-11-13-15-17-19-21-23-24-26-27-29-31-33-35-37-39-47(58-43(4)53)49(60-45(6)55)46(41-57-42(3)52)51-50(56)48(59-44(5)54)40-38-36-34-32-30-28-25-22-20-18-16-14-12-10-8-2/h16,18,46-49H,7-15,17,19-41H2,1-6H3,(H,51,56)/b18-16+. The first-order chi connectivity index (χ1) is 29.0. The van der Waals surface area contributed by atoms with Crippen LogP contribution in [0.15, 0.2) is 12.2 Å². The maximum atomic E-state index is 13.7. The lowest BCUT2D eigenvalue weighted by atomic mass is 9.98. The fraction of sp³-hybridized carbons (Fsp3) is 0.860. The van der Waals surface area contributed by atoms with E-state index in [1.807, 2.05) is 0 Å². The smallest absolute Gasteiger partial charge is 0.303 e. The summed E-state index contributed by atoms with van der Waals surface area (Å²) in [4.78, 5) is 62.4. The van der Waals surface area contributed by atoms with Crippen LogP contribution in [0.25, 0.3) is 0 Å². The topological polar surface area (TPSA) is 134 Å². The molecule has 0 rings (SSSR count). The van der Waals surface area contributed by atoms with Crippen molar-refractivity contribution in [2.75, 3.05) is 6.61 Å². The van der Waals surface area contributed by atoms with Crippen LogP contribution in [0.1, 0.15) is 247 Å². The Morgan fingerprint density at radius 3 is 1.22 bits per heavy atom. The van der Waals surface area contributed by atoms with Gasteiger partial charge in [-0.1, -0.05) is 180 Å². The molecule has 0 aromatic carbocycles. The first-order valence-corrected chi connectivity index (χ1v) is 24.6. The zero-order valence-corrected chi connectivity index (χ0v) is 39.5. The van der Waals surface area contributed by atoms with Gasteiger partial charge in [0.15, 0.2) is 12.2 Å². The quantitative estimate of drug-likeness (QED) is 0.0276. The SMILES string of the molecule is CCCCC/C=C/CCCCCCCCCCC(OC(C)=O)C(=O)NC(COC(C)=O)C(OC(C)=O)C(CCCCCCCCCCCCCCCCCCC)OC(C)=O. The predicted molar refractivity (Wildman–Crippen MR) is 243 cm³/mol. The van der Waals surface area contributed by atoms with Gasteiger partial charge >= 0.3 is 23.9 Å². The minimum Gasteiger partial charge on any atom is -0.464 e. The molecule has 0 fully saturated rings. The van der Waals surface area contributed by atoms with Crippen LogP contribution >= 0.6 is 0 Å². The molecule has 0 aliphatic heterocycles. The van der Waals surface area contributed by atoms with Crippen molar-refractivity contribution in [3.63, 3.8) is 0 Å². The minimum atomic E-state index is -1.13. The van der Waals surface area contributed by atoms with Gasteiger partial charge in [0.25, 0.3) is 5.91 Å². The number of rotatable bonds is 42. The molecule has 10 nitrogen and oxygen atoms in total. The van der Waals surface area contributed by atoms with E-state index in [1.165, 1.54) is 163 Å². The first kappa shape index (κ1) is 57.1. The Morgan fingerprint density at radius 2 is 0.800 bits per heavy atom. The second kappa shape index (κ2) is 41.4. The van der Waals surface area contributed by atoms with E-state index in [0.717, 1.165) is 51.4 Å². The van der Waals surface area contributed by atoms with Gasteiger partial charge in [0, 0.05) is 27.7 Å². The second-order valence-electron chi connectivity index (χ2n) is 17.1. The van der Waals surface area contributed by atoms with Gasteiger partial charge in [-0.15, -0.1) is 0 Å². The molecule has 0 aromatic rings. The van der Waals surface area contributed by atoms with Crippen LogP contribution < -0.4 is 5.32 Å². The van der Waals surface area contributed by atoms with Gasteiger partial charge in [0.1, 0.15) is 18.8 Å². The van der Waals surface area contributed by atoms with Gasteiger partial charge in [-0.3, -0.25) is 24.0 Å². The van der Waals surface area contributed by atoms with Crippen molar-refractivity contribution < 1.29 is 42.9 Å². The van der Waals surface area contributed by atoms with Crippen LogP contribution in [0.2, 0.25) is 0 Å². The highest BCUT2D eigenvalue weighted by Gasteiger charge is 2.38. The fourth-order valence-corrected chi connectivity index (χ4v) is 7.73. The van der Waals surface area contributed by atoms with Crippen molar-refractivity contribution in [3.8, 4) is 0 Å². The lowest BCUT2D eigenvalue weighted by molar-refractivity contribution is -0.172. The highest BCUT2D eigenvalue weighted by Crippen LogP contribution is 2.21. The van der Waals surface area contributed by atoms with Crippen LogP contribution in [-0.4, -0.2) is 60.7 Å². The second-order valence-corrected chi connectivity index (χ2v) is 17.1. The lowest BCUT2D eigenvalue weighted by Crippen LogP contribution is -2.56. The van der Waals surface area contributed by atoms with E-state index >= 15 is 0 Å². The number of esters is 4. The van der Waals surface area contributed by atoms with Crippen molar-refractivity contribution in [2.24, 2.45) is 0 Å². The highest BCUT2D eigenvalue weighted by atomic mass is 16.6. The Kier molecular flexibility index (Phi) is 39.4. The summed E-state index contributed by atoms with van der Waals surface area (Å²) in [6, 6.07) is -1.05. The number of nitrogens with one attached hydrogen (secondary N) is 1. The van der Waals surface area contributed by atoms with E-state index in [2.05, 4.69) is 31.3 Å². The molecule has 0 saturated heterocycles. The van der Waals surface area contributed by atoms with Gasteiger partial charge < -0.3 is 24.3 Å². The maximum absolute atomic E-state index is 13.7. The molecule has 0 heterocycles. The van der Waals surface area contributed by atoms with Gasteiger partial charge in [-0.25, -0.2) is 0 Å². The summed E-state index contributed by atoms with van der Waals surface area (Å²) in [5.41, 5.74) is 0. The third-order valence-electron chi connectivity index (χ3n) is 11.1. The number of hydrogen-bond acceptors (Lipinski definition) is 9. The van der Waals surface area contributed by atoms with Gasteiger partial charge in [-0.2, -0.15) is 0 Å². The average molecular weight is 850 g/mol. The van der Waals surface area contributed by atoms with E-state index < -0.39 is 54.1 Å². The van der Waals surface area contributed by atoms with Gasteiger partial charge in [0.05, 0.1) is 0 Å². The normalized spacial score (nSPS) is 13.4. The molecule has 0 aromatic heterocycles. The lowest BCUT2D eigenvalue weighted by Gasteiger charge is -2.33. The van der Waals surface area contributed by atoms with E-state index in [4.69, 9.17) is 18.9 Å². The molecule has 4 atom stereocenters. The Bertz CT molecular complexity index is 1110. The van der Waals surface area contributed by atoms with Crippen molar-refractivity contribution in [1.29, 1.82) is 0 Å². The first-order valence-electron chi connectivity index (χ1n) is 24.6. The fourth-order valence-electron chi connectivity index (χ4n) is 7.73. The predicted octanol–water partition coefficient (Wildman–Crippen LogP) is 12.9. The molecule has 10 heteroatoms. The summed E-state index contributed by atoms with van der Waals surface area (Å²) in [7, 11) is 0. The molecule has 0 saturated carbocycles. The molecule has 4 unspecified atom stereocenters. The number of carbonyl (C=O) groups is 5. The molecular weight excluding hydrogens is 759 g/mol. The zero-order valence-electron chi connectivity index (χ0n) is 39.5. The van der Waals surface area contributed by atoms with Crippen LogP contribution in [0.3, 0.4) is 0 Å². The summed E-state index contributed by atoms with van der Waals surface area (Å²) >= 11 is 0. The molecule has 0 spiro atoms. The van der Waals surface area contributed by atoms with Crippen LogP contribution in [0.5, 0.6) is 0 Å². The Labute approximate surface area is 367 Å². The third kappa shape index (κ3) is 36.9. The largest absolute Gasteiger partial charge is 0.464 e. The summed E-state index contributed by atoms with van der Waals surface area (Å²) in [5, 5.41) is 2.83. The minimum absolute atomic E-state index is 0.321. The molecule has 0 aliphatic rings. The monoisotopic (exact) mass is 850 g/mol. The molecule has 0 aliphatic carbocycles. The van der Waals surface area contributed by atoms with Crippen LogP contribution in [0.4, 0.5) is 0 Å². The molecule has 1 amide bonds. The van der Waals surface area contributed by atoms with Gasteiger partial charge in [-0.05, 0) is 51.4 Å². The number of unbranched alkanes of at least 4 members (excludes halogenated alkanes) is 27. The summed E-state index contributed by atoms with van der Waals surface area (Å²) in [5.74, 6) is -2.94. The Hall–Kier alpha value is -2.91. The van der Waals surface area contributed by atoms with Crippen molar-refractivity contribution >= 4 is 29.8 Å². The summed E-state index contributed by atoms with van der Waals surface area (Å²) in [6.07, 6.45) is 38.1. The Morgan fingerprint density at radius 1 is 0.433 bits per heavy atom. The molecule has 350 valence electrons. The van der Waals surface area contributed by atoms with Crippen molar-refractivity contribution in [3.05, 3.63) is 12.2 Å². The number of allylic oxidation sites excluding steroid dienone is 2. The highest BCUT2D eigenvalue weighted by molar-refractivity contribution is 5.83. The number of amides is 1. The molecule has 60 heavy (non-hydrogen) atoms.